The summed E-state index contributed by atoms with van der Waals surface area (Å²) in [6.45, 7) is -1.86. The lowest BCUT2D eigenvalue weighted by molar-refractivity contribution is -0.274. The molecule has 4 rings (SSSR count). The number of para-hydroxylation sites is 1. The van der Waals surface area contributed by atoms with Crippen molar-refractivity contribution in [3.63, 3.8) is 0 Å². The van der Waals surface area contributed by atoms with Crippen molar-refractivity contribution < 1.29 is 46.5 Å². The third-order valence-electron chi connectivity index (χ3n) is 6.03. The molecule has 8 nitrogen and oxygen atoms in total. The Morgan fingerprint density at radius 3 is 2.49 bits per heavy atom. The maximum Gasteiger partial charge on any atom is 0.573 e. The predicted octanol–water partition coefficient (Wildman–Crippen LogP) is 4.75. The number of pyridine rings is 1. The number of alkyl halides is 5. The second kappa shape index (κ2) is 10.4. The Balaban J connectivity index is 1.59. The number of aromatic nitrogens is 1. The van der Waals surface area contributed by atoms with Crippen LogP contribution < -0.4 is 15.0 Å². The van der Waals surface area contributed by atoms with E-state index in [1.807, 2.05) is 0 Å². The van der Waals surface area contributed by atoms with Gasteiger partial charge in [-0.2, -0.15) is 0 Å². The van der Waals surface area contributed by atoms with E-state index in [-0.39, 0.29) is 22.1 Å². The smallest absolute Gasteiger partial charge is 0.405 e. The van der Waals surface area contributed by atoms with Gasteiger partial charge >= 0.3 is 6.36 Å². The molecule has 0 fully saturated rings. The van der Waals surface area contributed by atoms with Gasteiger partial charge in [-0.25, -0.2) is 13.8 Å². The Bertz CT molecular complexity index is 1400. The van der Waals surface area contributed by atoms with Crippen molar-refractivity contribution in [2.24, 2.45) is 0 Å². The normalized spacial score (nSPS) is 18.6. The number of aliphatic hydroxyl groups excluding tert-OH is 1. The summed E-state index contributed by atoms with van der Waals surface area (Å²) in [6.07, 6.45) is -4.97. The fourth-order valence-corrected chi connectivity index (χ4v) is 4.24. The van der Waals surface area contributed by atoms with Gasteiger partial charge in [0, 0.05) is 29.7 Å². The van der Waals surface area contributed by atoms with Gasteiger partial charge in [-0.15, -0.1) is 13.2 Å². The predicted molar refractivity (Wildman–Crippen MR) is 129 cm³/mol. The van der Waals surface area contributed by atoms with Crippen LogP contribution in [0.2, 0.25) is 5.02 Å². The number of anilines is 2. The number of aliphatic hydroxyl groups is 2. The van der Waals surface area contributed by atoms with Gasteiger partial charge in [-0.1, -0.05) is 23.7 Å². The third kappa shape index (κ3) is 5.65. The van der Waals surface area contributed by atoms with E-state index in [4.69, 9.17) is 11.6 Å². The van der Waals surface area contributed by atoms with E-state index in [2.05, 4.69) is 15.0 Å². The maximum atomic E-state index is 14.9. The highest BCUT2D eigenvalue weighted by Gasteiger charge is 2.56. The second-order valence-corrected chi connectivity index (χ2v) is 8.96. The molecule has 0 spiro atoms. The van der Waals surface area contributed by atoms with Crippen LogP contribution in [0.1, 0.15) is 32.7 Å². The Morgan fingerprint density at radius 1 is 1.13 bits per heavy atom. The number of fused-ring (bicyclic) bond motifs is 1. The van der Waals surface area contributed by atoms with Crippen LogP contribution in [0.25, 0.3) is 0 Å². The topological polar surface area (TPSA) is 112 Å². The fourth-order valence-electron chi connectivity index (χ4n) is 4.06. The van der Waals surface area contributed by atoms with Gasteiger partial charge in [0.1, 0.15) is 11.6 Å². The summed E-state index contributed by atoms with van der Waals surface area (Å²) in [7, 11) is 0. The van der Waals surface area contributed by atoms with Gasteiger partial charge < -0.3 is 25.2 Å². The highest BCUT2D eigenvalue weighted by atomic mass is 35.5. The van der Waals surface area contributed by atoms with Crippen molar-refractivity contribution in [2.45, 2.75) is 24.3 Å². The molecule has 2 aromatic carbocycles. The average molecular weight is 572 g/mol. The summed E-state index contributed by atoms with van der Waals surface area (Å²) in [4.78, 5) is 30.7. The average Bonchev–Trinajstić information content (AvgIpc) is 2.96. The summed E-state index contributed by atoms with van der Waals surface area (Å²) in [5.74, 6) is -6.41. The maximum absolute atomic E-state index is 14.9. The minimum atomic E-state index is -5.02. The van der Waals surface area contributed by atoms with E-state index in [9.17, 15) is 41.8 Å². The number of hydrogen-bond donors (Lipinski definition) is 3. The first-order chi connectivity index (χ1) is 18.3. The fraction of sp³-hybridized carbons (Fsp3) is 0.240. The van der Waals surface area contributed by atoms with E-state index in [1.54, 1.807) is 0 Å². The molecular formula is C25H19ClF5N3O5. The number of nitrogens with zero attached hydrogens (tertiary/aromatic N) is 2. The lowest BCUT2D eigenvalue weighted by Crippen LogP contribution is -2.48. The molecule has 1 aromatic heterocycles. The van der Waals surface area contributed by atoms with Crippen molar-refractivity contribution >= 4 is 34.9 Å². The molecule has 0 radical (unpaired) electrons. The number of carbonyl (C=O) groups excluding carboxylic acids is 2. The van der Waals surface area contributed by atoms with Crippen LogP contribution in [-0.2, 0) is 5.60 Å². The quantitative estimate of drug-likeness (QED) is 0.381. The van der Waals surface area contributed by atoms with E-state index in [0.29, 0.717) is 0 Å². The molecule has 1 aliphatic rings. The molecule has 0 aliphatic carbocycles. The van der Waals surface area contributed by atoms with Crippen molar-refractivity contribution in [1.82, 2.24) is 4.98 Å². The molecule has 1 aliphatic heterocycles. The minimum Gasteiger partial charge on any atom is -0.405 e. The monoisotopic (exact) mass is 571 g/mol. The highest BCUT2D eigenvalue weighted by molar-refractivity contribution is 6.30. The molecule has 2 amide bonds. The van der Waals surface area contributed by atoms with Crippen molar-refractivity contribution in [1.29, 1.82) is 0 Å². The number of ether oxygens (including phenoxy) is 1. The Hall–Kier alpha value is -3.81. The van der Waals surface area contributed by atoms with E-state index >= 15 is 0 Å². The molecule has 3 aromatic rings. The van der Waals surface area contributed by atoms with E-state index in [1.165, 1.54) is 36.4 Å². The molecule has 14 heteroatoms. The second-order valence-electron chi connectivity index (χ2n) is 8.52. The van der Waals surface area contributed by atoms with E-state index < -0.39 is 66.1 Å². The summed E-state index contributed by atoms with van der Waals surface area (Å²) >= 11 is 5.95. The van der Waals surface area contributed by atoms with Crippen LogP contribution in [0.3, 0.4) is 0 Å². The standard InChI is InChI=1S/C25H19ClF5N3O5/c26-15-6-7-18-17(11-15)23(38,13-35)24(27,28)9-10-34(18)22(37)14-5-8-20(32-12-14)33-21(36)16-3-1-2-4-19(16)39-25(29,30)31/h1-8,11-12,35,38H,9-10,13H2,(H,32,33,36)/t23-/m0/s1. The van der Waals surface area contributed by atoms with Gasteiger partial charge in [0.25, 0.3) is 17.7 Å². The molecule has 0 saturated carbocycles. The zero-order chi connectivity index (χ0) is 28.6. The Labute approximate surface area is 222 Å². The van der Waals surface area contributed by atoms with Crippen molar-refractivity contribution in [3.8, 4) is 5.75 Å². The number of rotatable bonds is 5. The molecule has 1 atom stereocenters. The molecule has 0 unspecified atom stereocenters. The van der Waals surface area contributed by atoms with Gasteiger partial charge in [0.2, 0.25) is 0 Å². The number of hydrogen-bond acceptors (Lipinski definition) is 6. The molecule has 0 saturated heterocycles. The number of amides is 2. The zero-order valence-electron chi connectivity index (χ0n) is 19.7. The largest absolute Gasteiger partial charge is 0.573 e. The molecule has 0 bridgehead atoms. The Kier molecular flexibility index (Phi) is 7.52. The molecule has 206 valence electrons. The first kappa shape index (κ1) is 28.2. The number of halogens is 6. The molecule has 2 heterocycles. The number of carbonyl (C=O) groups is 2. The van der Waals surface area contributed by atoms with Crippen LogP contribution in [0, 0.1) is 0 Å². The summed E-state index contributed by atoms with van der Waals surface area (Å²) in [6, 6.07) is 10.7. The zero-order valence-corrected chi connectivity index (χ0v) is 20.4. The lowest BCUT2D eigenvalue weighted by Gasteiger charge is -2.33. The van der Waals surface area contributed by atoms with Crippen LogP contribution in [0.5, 0.6) is 5.75 Å². The van der Waals surface area contributed by atoms with Crippen molar-refractivity contribution in [2.75, 3.05) is 23.4 Å². The van der Waals surface area contributed by atoms with E-state index in [0.717, 1.165) is 29.3 Å². The minimum absolute atomic E-state index is 0.00491. The van der Waals surface area contributed by atoms with Gasteiger partial charge in [0.05, 0.1) is 23.4 Å². The highest BCUT2D eigenvalue weighted by Crippen LogP contribution is 2.47. The number of benzene rings is 2. The van der Waals surface area contributed by atoms with Crippen LogP contribution in [0.15, 0.2) is 60.8 Å². The van der Waals surface area contributed by atoms with Crippen LogP contribution in [-0.4, -0.2) is 52.4 Å². The summed E-state index contributed by atoms with van der Waals surface area (Å²) < 4.78 is 71.6. The van der Waals surface area contributed by atoms with Gasteiger partial charge in [-0.3, -0.25) is 9.59 Å². The number of nitrogens with one attached hydrogen (secondary N) is 1. The van der Waals surface area contributed by atoms with Gasteiger partial charge in [-0.05, 0) is 42.5 Å². The summed E-state index contributed by atoms with van der Waals surface area (Å²) in [5.41, 5.74) is -4.05. The lowest BCUT2D eigenvalue weighted by atomic mass is 9.86. The first-order valence-electron chi connectivity index (χ1n) is 11.2. The molecular weight excluding hydrogens is 553 g/mol. The summed E-state index contributed by atoms with van der Waals surface area (Å²) in [5, 5.41) is 22.7. The van der Waals surface area contributed by atoms with Crippen LogP contribution >= 0.6 is 11.6 Å². The van der Waals surface area contributed by atoms with Crippen LogP contribution in [0.4, 0.5) is 33.5 Å². The molecule has 3 N–H and O–H groups in total. The van der Waals surface area contributed by atoms with Gasteiger partial charge in [0.15, 0.2) is 5.60 Å². The Morgan fingerprint density at radius 2 is 1.85 bits per heavy atom. The van der Waals surface area contributed by atoms with Crippen molar-refractivity contribution in [3.05, 3.63) is 82.5 Å². The first-order valence-corrected chi connectivity index (χ1v) is 11.6. The third-order valence-corrected chi connectivity index (χ3v) is 6.27. The molecule has 39 heavy (non-hydrogen) atoms. The SMILES string of the molecule is O=C(Nc1ccc(C(=O)N2CCC(F)(F)[C@](O)(CO)c3cc(Cl)ccc32)cn1)c1ccccc1OC(F)(F)F.